The second-order valence-electron chi connectivity index (χ2n) is 7.64. The Morgan fingerprint density at radius 2 is 1.83 bits per heavy atom. The van der Waals surface area contributed by atoms with Crippen molar-refractivity contribution in [3.05, 3.63) is 82.4 Å². The van der Waals surface area contributed by atoms with Crippen molar-refractivity contribution < 1.29 is 9.18 Å². The zero-order valence-corrected chi connectivity index (χ0v) is 18.1. The summed E-state index contributed by atoms with van der Waals surface area (Å²) in [4.78, 5) is 14.8. The summed E-state index contributed by atoms with van der Waals surface area (Å²) in [6.07, 6.45) is 0.261. The molecule has 0 atom stereocenters. The minimum atomic E-state index is -0.287. The summed E-state index contributed by atoms with van der Waals surface area (Å²) in [5.74, 6) is -0.332. The summed E-state index contributed by atoms with van der Waals surface area (Å²) >= 11 is 0. The van der Waals surface area contributed by atoms with Gasteiger partial charge < -0.3 is 10.2 Å². The summed E-state index contributed by atoms with van der Waals surface area (Å²) in [7, 11) is 2.09. The van der Waals surface area contributed by atoms with E-state index in [9.17, 15) is 9.18 Å². The maximum absolute atomic E-state index is 13.2. The Hall–Kier alpha value is -2.99. The molecule has 0 radical (unpaired) electrons. The van der Waals surface area contributed by atoms with Crippen LogP contribution in [0.2, 0.25) is 0 Å². The van der Waals surface area contributed by atoms with Gasteiger partial charge in [-0.25, -0.2) is 9.07 Å². The van der Waals surface area contributed by atoms with Gasteiger partial charge in [-0.3, -0.25) is 4.79 Å². The Balaban J connectivity index is 1.64. The van der Waals surface area contributed by atoms with E-state index in [1.807, 2.05) is 26.0 Å². The molecule has 0 saturated carbocycles. The quantitative estimate of drug-likeness (QED) is 0.614. The van der Waals surface area contributed by atoms with Gasteiger partial charge in [-0.15, -0.1) is 0 Å². The second kappa shape index (κ2) is 9.67. The molecule has 0 unspecified atom stereocenters. The van der Waals surface area contributed by atoms with Gasteiger partial charge in [-0.1, -0.05) is 31.2 Å². The molecule has 30 heavy (non-hydrogen) atoms. The summed E-state index contributed by atoms with van der Waals surface area (Å²) in [6, 6.07) is 14.5. The number of carbonyl (C=O) groups is 1. The van der Waals surface area contributed by atoms with Crippen LogP contribution in [0.1, 0.15) is 35.0 Å². The zero-order chi connectivity index (χ0) is 21.7. The highest BCUT2D eigenvalue weighted by Crippen LogP contribution is 2.19. The average molecular weight is 409 g/mol. The van der Waals surface area contributed by atoms with Crippen LogP contribution < -0.4 is 5.32 Å². The van der Waals surface area contributed by atoms with E-state index < -0.39 is 0 Å². The molecule has 0 aliphatic carbocycles. The smallest absolute Gasteiger partial charge is 0.224 e. The van der Waals surface area contributed by atoms with Crippen LogP contribution in [0.25, 0.3) is 5.69 Å². The normalized spacial score (nSPS) is 11.1. The number of carbonyl (C=O) groups excluding carboxylic acids is 1. The van der Waals surface area contributed by atoms with Gasteiger partial charge in [0.25, 0.3) is 0 Å². The molecule has 158 valence electrons. The molecule has 1 amide bonds. The topological polar surface area (TPSA) is 50.2 Å². The number of hydrogen-bond donors (Lipinski definition) is 1. The molecule has 0 spiro atoms. The Morgan fingerprint density at radius 1 is 1.13 bits per heavy atom. The number of nitrogens with zero attached hydrogens (tertiary/aromatic N) is 3. The molecule has 3 rings (SSSR count). The summed E-state index contributed by atoms with van der Waals surface area (Å²) in [5, 5.41) is 7.55. The first-order chi connectivity index (χ1) is 14.4. The summed E-state index contributed by atoms with van der Waals surface area (Å²) in [5.41, 5.74) is 5.68. The number of amides is 1. The molecular formula is C24H29FN4O. The number of hydrogen-bond acceptors (Lipinski definition) is 3. The third kappa shape index (κ3) is 5.33. The SMILES string of the molecule is CCN(C)Cc1cccc(CNC(=O)Cc2c(C)nn(-c3ccc(F)cc3)c2C)c1. The third-order valence-electron chi connectivity index (χ3n) is 5.32. The minimum absolute atomic E-state index is 0.0454. The number of aryl methyl sites for hydroxylation is 1. The molecule has 6 heteroatoms. The fourth-order valence-corrected chi connectivity index (χ4v) is 3.45. The van der Waals surface area contributed by atoms with Gasteiger partial charge >= 0.3 is 0 Å². The van der Waals surface area contributed by atoms with Crippen molar-refractivity contribution in [1.29, 1.82) is 0 Å². The molecule has 0 aliphatic heterocycles. The largest absolute Gasteiger partial charge is 0.352 e. The predicted molar refractivity (Wildman–Crippen MR) is 117 cm³/mol. The predicted octanol–water partition coefficient (Wildman–Crippen LogP) is 3.94. The zero-order valence-electron chi connectivity index (χ0n) is 18.1. The summed E-state index contributed by atoms with van der Waals surface area (Å²) in [6.45, 7) is 8.33. The van der Waals surface area contributed by atoms with E-state index in [1.54, 1.807) is 16.8 Å². The first kappa shape index (κ1) is 21.7. The average Bonchev–Trinajstić information content (AvgIpc) is 3.01. The van der Waals surface area contributed by atoms with E-state index in [0.717, 1.165) is 41.3 Å². The van der Waals surface area contributed by atoms with Gasteiger partial charge in [0.1, 0.15) is 5.82 Å². The molecule has 0 aliphatic rings. The van der Waals surface area contributed by atoms with Crippen LogP contribution in [-0.4, -0.2) is 34.2 Å². The van der Waals surface area contributed by atoms with E-state index >= 15 is 0 Å². The molecule has 0 fully saturated rings. The van der Waals surface area contributed by atoms with Crippen molar-refractivity contribution in [3.63, 3.8) is 0 Å². The molecule has 5 nitrogen and oxygen atoms in total. The lowest BCUT2D eigenvalue weighted by molar-refractivity contribution is -0.120. The molecule has 1 N–H and O–H groups in total. The Morgan fingerprint density at radius 3 is 2.53 bits per heavy atom. The van der Waals surface area contributed by atoms with E-state index in [-0.39, 0.29) is 18.1 Å². The standard InChI is InChI=1S/C24H29FN4O/c1-5-28(4)16-20-8-6-7-19(13-20)15-26-24(30)14-23-17(2)27-29(18(23)3)22-11-9-21(25)10-12-22/h6-13H,5,14-16H2,1-4H3,(H,26,30). The fraction of sp³-hybridized carbons (Fsp3) is 0.333. The molecule has 0 saturated heterocycles. The van der Waals surface area contributed by atoms with E-state index in [2.05, 4.69) is 41.4 Å². The van der Waals surface area contributed by atoms with Crippen molar-refractivity contribution in [2.45, 2.75) is 40.3 Å². The molecular weight excluding hydrogens is 379 g/mol. The van der Waals surface area contributed by atoms with Gasteiger partial charge in [0.2, 0.25) is 5.91 Å². The number of halogens is 1. The summed E-state index contributed by atoms with van der Waals surface area (Å²) < 4.78 is 15.0. The Kier molecular flexibility index (Phi) is 7.00. The molecule has 1 heterocycles. The van der Waals surface area contributed by atoms with Crippen molar-refractivity contribution >= 4 is 5.91 Å². The van der Waals surface area contributed by atoms with Gasteiger partial charge in [0, 0.05) is 24.3 Å². The highest BCUT2D eigenvalue weighted by molar-refractivity contribution is 5.79. The van der Waals surface area contributed by atoms with Crippen LogP contribution in [0, 0.1) is 19.7 Å². The van der Waals surface area contributed by atoms with Crippen LogP contribution in [0.15, 0.2) is 48.5 Å². The van der Waals surface area contributed by atoms with E-state index in [0.29, 0.717) is 6.54 Å². The van der Waals surface area contributed by atoms with Crippen molar-refractivity contribution in [1.82, 2.24) is 20.0 Å². The number of benzene rings is 2. The maximum atomic E-state index is 13.2. The lowest BCUT2D eigenvalue weighted by atomic mass is 10.1. The second-order valence-corrected chi connectivity index (χ2v) is 7.64. The van der Waals surface area contributed by atoms with Crippen LogP contribution in [0.4, 0.5) is 4.39 Å². The van der Waals surface area contributed by atoms with Crippen molar-refractivity contribution in [3.8, 4) is 5.69 Å². The van der Waals surface area contributed by atoms with Crippen molar-refractivity contribution in [2.75, 3.05) is 13.6 Å². The lowest BCUT2D eigenvalue weighted by Crippen LogP contribution is -2.25. The molecule has 2 aromatic carbocycles. The van der Waals surface area contributed by atoms with Gasteiger partial charge in [0.15, 0.2) is 0 Å². The Labute approximate surface area is 177 Å². The Bertz CT molecular complexity index is 1010. The minimum Gasteiger partial charge on any atom is -0.352 e. The lowest BCUT2D eigenvalue weighted by Gasteiger charge is -2.14. The third-order valence-corrected chi connectivity index (χ3v) is 5.32. The first-order valence-corrected chi connectivity index (χ1v) is 10.2. The highest BCUT2D eigenvalue weighted by atomic mass is 19.1. The highest BCUT2D eigenvalue weighted by Gasteiger charge is 2.16. The fourth-order valence-electron chi connectivity index (χ4n) is 3.45. The molecule has 0 bridgehead atoms. The monoisotopic (exact) mass is 408 g/mol. The van der Waals surface area contributed by atoms with Crippen LogP contribution in [-0.2, 0) is 24.3 Å². The number of nitrogens with one attached hydrogen (secondary N) is 1. The maximum Gasteiger partial charge on any atom is 0.224 e. The van der Waals surface area contributed by atoms with Gasteiger partial charge in [0.05, 0.1) is 17.8 Å². The van der Waals surface area contributed by atoms with Crippen LogP contribution in [0.5, 0.6) is 0 Å². The number of rotatable bonds is 8. The molecule has 3 aromatic rings. The van der Waals surface area contributed by atoms with Crippen molar-refractivity contribution in [2.24, 2.45) is 0 Å². The van der Waals surface area contributed by atoms with E-state index in [4.69, 9.17) is 0 Å². The number of aromatic nitrogens is 2. The first-order valence-electron chi connectivity index (χ1n) is 10.2. The van der Waals surface area contributed by atoms with Crippen LogP contribution in [0.3, 0.4) is 0 Å². The van der Waals surface area contributed by atoms with Crippen LogP contribution >= 0.6 is 0 Å². The molecule has 1 aromatic heterocycles. The van der Waals surface area contributed by atoms with E-state index in [1.165, 1.54) is 17.7 Å². The van der Waals surface area contributed by atoms with Gasteiger partial charge in [-0.05, 0) is 62.8 Å². The van der Waals surface area contributed by atoms with Gasteiger partial charge in [-0.2, -0.15) is 5.10 Å².